The Hall–Kier alpha value is -2.83. The van der Waals surface area contributed by atoms with E-state index in [1.165, 1.54) is 18.4 Å². The van der Waals surface area contributed by atoms with Crippen LogP contribution in [0.5, 0.6) is 0 Å². The predicted octanol–water partition coefficient (Wildman–Crippen LogP) is 2.29. The molecule has 3 rings (SSSR count). The summed E-state index contributed by atoms with van der Waals surface area (Å²) in [5.41, 5.74) is 2.54. The molecule has 0 bridgehead atoms. The molecule has 1 fully saturated rings. The number of aromatic nitrogens is 2. The molecule has 1 aliphatic heterocycles. The average Bonchev–Trinajstić information content (AvgIpc) is 2.62. The molecule has 24 heavy (non-hydrogen) atoms. The molecule has 1 aromatic heterocycles. The lowest BCUT2D eigenvalue weighted by Crippen LogP contribution is -2.46. The Bertz CT molecular complexity index is 696. The van der Waals surface area contributed by atoms with Crippen LogP contribution < -0.4 is 15.1 Å². The summed E-state index contributed by atoms with van der Waals surface area (Å²) in [5, 5.41) is 10.7. The topological polar surface area (TPSA) is 70.6 Å². The Kier molecular flexibility index (Phi) is 4.79. The van der Waals surface area contributed by atoms with Gasteiger partial charge in [-0.25, -0.2) is 4.79 Å². The molecule has 126 valence electrons. The van der Waals surface area contributed by atoms with Gasteiger partial charge in [-0.3, -0.25) is 5.32 Å². The molecule has 1 aromatic carbocycles. The fourth-order valence-electron chi connectivity index (χ4n) is 2.73. The van der Waals surface area contributed by atoms with Crippen LogP contribution in [0.3, 0.4) is 0 Å². The van der Waals surface area contributed by atoms with Crippen LogP contribution in [0.25, 0.3) is 0 Å². The van der Waals surface area contributed by atoms with Crippen molar-refractivity contribution in [2.75, 3.05) is 48.4 Å². The molecule has 0 spiro atoms. The molecule has 7 nitrogen and oxygen atoms in total. The minimum Gasteiger partial charge on any atom is -0.453 e. The van der Waals surface area contributed by atoms with Gasteiger partial charge < -0.3 is 14.5 Å². The van der Waals surface area contributed by atoms with E-state index in [1.54, 1.807) is 6.07 Å². The Labute approximate surface area is 141 Å². The van der Waals surface area contributed by atoms with Crippen LogP contribution in [0.4, 0.5) is 22.1 Å². The van der Waals surface area contributed by atoms with Gasteiger partial charge in [0.15, 0.2) is 11.6 Å². The van der Waals surface area contributed by atoms with Gasteiger partial charge in [0.1, 0.15) is 0 Å². The van der Waals surface area contributed by atoms with E-state index in [4.69, 9.17) is 0 Å². The Balaban J connectivity index is 1.59. The summed E-state index contributed by atoms with van der Waals surface area (Å²) < 4.78 is 4.53. The van der Waals surface area contributed by atoms with Crippen molar-refractivity contribution in [2.45, 2.75) is 6.92 Å². The molecular formula is C17H21N5O2. The fraction of sp³-hybridized carbons (Fsp3) is 0.353. The van der Waals surface area contributed by atoms with Crippen LogP contribution in [0.15, 0.2) is 36.4 Å². The maximum Gasteiger partial charge on any atom is 0.412 e. The molecule has 0 unspecified atom stereocenters. The highest BCUT2D eigenvalue weighted by Gasteiger charge is 2.18. The van der Waals surface area contributed by atoms with Gasteiger partial charge in [-0.1, -0.05) is 12.1 Å². The van der Waals surface area contributed by atoms with Crippen LogP contribution in [0.1, 0.15) is 5.56 Å². The summed E-state index contributed by atoms with van der Waals surface area (Å²) in [7, 11) is 1.31. The van der Waals surface area contributed by atoms with Gasteiger partial charge in [0.25, 0.3) is 0 Å². The number of nitrogens with zero attached hydrogens (tertiary/aromatic N) is 4. The normalized spacial score (nSPS) is 14.4. The lowest BCUT2D eigenvalue weighted by Gasteiger charge is -2.36. The Morgan fingerprint density at radius 2 is 1.83 bits per heavy atom. The Morgan fingerprint density at radius 3 is 2.46 bits per heavy atom. The van der Waals surface area contributed by atoms with E-state index >= 15 is 0 Å². The van der Waals surface area contributed by atoms with Crippen LogP contribution >= 0.6 is 0 Å². The van der Waals surface area contributed by atoms with Crippen LogP contribution in [-0.4, -0.2) is 49.6 Å². The molecule has 7 heteroatoms. The molecular weight excluding hydrogens is 306 g/mol. The van der Waals surface area contributed by atoms with Crippen molar-refractivity contribution in [1.82, 2.24) is 10.2 Å². The van der Waals surface area contributed by atoms with Gasteiger partial charge in [0, 0.05) is 31.9 Å². The highest BCUT2D eigenvalue weighted by molar-refractivity contribution is 5.83. The number of methoxy groups -OCH3 is 1. The minimum absolute atomic E-state index is 0.379. The second kappa shape index (κ2) is 7.16. The number of ether oxygens (including phenoxy) is 1. The van der Waals surface area contributed by atoms with E-state index in [1.807, 2.05) is 6.07 Å². The number of benzene rings is 1. The van der Waals surface area contributed by atoms with Crippen molar-refractivity contribution in [3.63, 3.8) is 0 Å². The van der Waals surface area contributed by atoms with Crippen molar-refractivity contribution in [3.05, 3.63) is 42.0 Å². The Morgan fingerprint density at radius 1 is 1.08 bits per heavy atom. The van der Waals surface area contributed by atoms with Crippen molar-refractivity contribution < 1.29 is 9.53 Å². The number of hydrogen-bond acceptors (Lipinski definition) is 6. The van der Waals surface area contributed by atoms with Gasteiger partial charge in [0.05, 0.1) is 7.11 Å². The molecule has 0 saturated carbocycles. The molecule has 2 heterocycles. The molecule has 0 atom stereocenters. The SMILES string of the molecule is COC(=O)Nc1ccc(N2CCN(c3cccc(C)c3)CC2)nn1. The van der Waals surface area contributed by atoms with Gasteiger partial charge in [-0.15, -0.1) is 10.2 Å². The van der Waals surface area contributed by atoms with E-state index < -0.39 is 6.09 Å². The first-order valence-corrected chi connectivity index (χ1v) is 7.91. The summed E-state index contributed by atoms with van der Waals surface area (Å²) >= 11 is 0. The zero-order valence-corrected chi connectivity index (χ0v) is 13.9. The van der Waals surface area contributed by atoms with Gasteiger partial charge >= 0.3 is 6.09 Å². The van der Waals surface area contributed by atoms with Crippen LogP contribution in [0.2, 0.25) is 0 Å². The highest BCUT2D eigenvalue weighted by Crippen LogP contribution is 2.20. The zero-order valence-electron chi connectivity index (χ0n) is 13.9. The maximum atomic E-state index is 11.1. The average molecular weight is 327 g/mol. The summed E-state index contributed by atoms with van der Waals surface area (Å²) in [6.45, 7) is 5.75. The fourth-order valence-corrected chi connectivity index (χ4v) is 2.73. The molecule has 0 radical (unpaired) electrons. The third kappa shape index (κ3) is 3.73. The number of aryl methyl sites for hydroxylation is 1. The van der Waals surface area contributed by atoms with Crippen molar-refractivity contribution in [3.8, 4) is 0 Å². The highest BCUT2D eigenvalue weighted by atomic mass is 16.5. The van der Waals surface area contributed by atoms with E-state index in [2.05, 4.69) is 61.2 Å². The monoisotopic (exact) mass is 327 g/mol. The first kappa shape index (κ1) is 16.0. The van der Waals surface area contributed by atoms with E-state index in [0.717, 1.165) is 32.0 Å². The maximum absolute atomic E-state index is 11.1. The zero-order chi connectivity index (χ0) is 16.9. The number of rotatable bonds is 3. The lowest BCUT2D eigenvalue weighted by atomic mass is 10.2. The number of anilines is 3. The number of nitrogens with one attached hydrogen (secondary N) is 1. The third-order valence-corrected chi connectivity index (χ3v) is 4.04. The van der Waals surface area contributed by atoms with Crippen molar-refractivity contribution >= 4 is 23.4 Å². The summed E-state index contributed by atoms with van der Waals surface area (Å²) in [5.74, 6) is 1.19. The first-order valence-electron chi connectivity index (χ1n) is 7.91. The molecule has 1 N–H and O–H groups in total. The summed E-state index contributed by atoms with van der Waals surface area (Å²) in [6.07, 6.45) is -0.552. The number of carbonyl (C=O) groups excluding carboxylic acids is 1. The second-order valence-electron chi connectivity index (χ2n) is 5.71. The summed E-state index contributed by atoms with van der Waals surface area (Å²) in [6, 6.07) is 12.2. The molecule has 1 saturated heterocycles. The third-order valence-electron chi connectivity index (χ3n) is 4.04. The first-order chi connectivity index (χ1) is 11.7. The molecule has 1 amide bonds. The van der Waals surface area contributed by atoms with Crippen LogP contribution in [-0.2, 0) is 4.74 Å². The number of carbonyl (C=O) groups is 1. The van der Waals surface area contributed by atoms with E-state index in [-0.39, 0.29) is 0 Å². The minimum atomic E-state index is -0.552. The largest absolute Gasteiger partial charge is 0.453 e. The van der Waals surface area contributed by atoms with Gasteiger partial charge in [0.2, 0.25) is 0 Å². The quantitative estimate of drug-likeness (QED) is 0.933. The van der Waals surface area contributed by atoms with Gasteiger partial charge in [-0.2, -0.15) is 0 Å². The number of piperazine rings is 1. The lowest BCUT2D eigenvalue weighted by molar-refractivity contribution is 0.187. The predicted molar refractivity (Wildman–Crippen MR) is 93.7 cm³/mol. The summed E-state index contributed by atoms with van der Waals surface area (Å²) in [4.78, 5) is 15.7. The molecule has 0 aliphatic carbocycles. The van der Waals surface area contributed by atoms with Crippen molar-refractivity contribution in [1.29, 1.82) is 0 Å². The number of hydrogen-bond donors (Lipinski definition) is 1. The van der Waals surface area contributed by atoms with Gasteiger partial charge in [-0.05, 0) is 36.8 Å². The smallest absolute Gasteiger partial charge is 0.412 e. The standard InChI is InChI=1S/C17H21N5O2/c1-13-4-3-5-14(12-13)21-8-10-22(11-9-21)16-7-6-15(19-20-16)18-17(23)24-2/h3-7,12H,8-11H2,1-2H3,(H,18,19,23). The van der Waals surface area contributed by atoms with Crippen LogP contribution in [0, 0.1) is 6.92 Å². The molecule has 1 aliphatic rings. The number of amides is 1. The van der Waals surface area contributed by atoms with E-state index in [0.29, 0.717) is 5.82 Å². The van der Waals surface area contributed by atoms with E-state index in [9.17, 15) is 4.79 Å². The second-order valence-corrected chi connectivity index (χ2v) is 5.71. The van der Waals surface area contributed by atoms with Crippen molar-refractivity contribution in [2.24, 2.45) is 0 Å². The molecule has 2 aromatic rings.